The summed E-state index contributed by atoms with van der Waals surface area (Å²) in [6, 6.07) is 0. The summed E-state index contributed by atoms with van der Waals surface area (Å²) in [6.45, 7) is 7.93. The fourth-order valence-electron chi connectivity index (χ4n) is 3.86. The Kier molecular flexibility index (Phi) is 4.54. The van der Waals surface area contributed by atoms with Crippen LogP contribution >= 0.6 is 0 Å². The number of alkyl carbamates (subject to hydrolysis) is 1. The van der Waals surface area contributed by atoms with E-state index in [2.05, 4.69) is 18.3 Å². The first kappa shape index (κ1) is 16.8. The van der Waals surface area contributed by atoms with Crippen molar-refractivity contribution in [2.45, 2.75) is 59.0 Å². The summed E-state index contributed by atoms with van der Waals surface area (Å²) in [5.41, 5.74) is 0.513. The highest BCUT2D eigenvalue weighted by atomic mass is 16.6. The third kappa shape index (κ3) is 3.62. The molecule has 22 heavy (non-hydrogen) atoms. The molecule has 124 valence electrons. The summed E-state index contributed by atoms with van der Waals surface area (Å²) >= 11 is 0. The van der Waals surface area contributed by atoms with E-state index in [9.17, 15) is 14.7 Å². The van der Waals surface area contributed by atoms with Gasteiger partial charge in [0.05, 0.1) is 6.42 Å². The predicted molar refractivity (Wildman–Crippen MR) is 83.5 cm³/mol. The summed E-state index contributed by atoms with van der Waals surface area (Å²) in [5, 5.41) is 12.0. The number of rotatable bonds is 5. The second kappa shape index (κ2) is 5.94. The molecule has 0 heterocycles. The van der Waals surface area contributed by atoms with Gasteiger partial charge in [0.1, 0.15) is 5.60 Å². The fourth-order valence-corrected chi connectivity index (χ4v) is 3.86. The summed E-state index contributed by atoms with van der Waals surface area (Å²) in [5.74, 6) is 0.0195. The van der Waals surface area contributed by atoms with Gasteiger partial charge >= 0.3 is 12.1 Å². The number of carbonyl (C=O) groups excluding carboxylic acids is 1. The molecule has 5 nitrogen and oxygen atoms in total. The fraction of sp³-hybridized carbons (Fsp3) is 0.765. The number of hydrogen-bond acceptors (Lipinski definition) is 3. The van der Waals surface area contributed by atoms with Crippen LogP contribution in [-0.2, 0) is 9.53 Å². The van der Waals surface area contributed by atoms with Crippen LogP contribution in [0.5, 0.6) is 0 Å². The predicted octanol–water partition coefficient (Wildman–Crippen LogP) is 3.35. The van der Waals surface area contributed by atoms with Crippen LogP contribution in [0, 0.1) is 17.3 Å². The minimum absolute atomic E-state index is 0.0947. The van der Waals surface area contributed by atoms with Crippen LogP contribution in [-0.4, -0.2) is 29.3 Å². The molecular formula is C17H27NO4. The van der Waals surface area contributed by atoms with E-state index in [-0.39, 0.29) is 17.8 Å². The van der Waals surface area contributed by atoms with Crippen molar-refractivity contribution in [3.63, 3.8) is 0 Å². The van der Waals surface area contributed by atoms with Gasteiger partial charge in [0.15, 0.2) is 0 Å². The van der Waals surface area contributed by atoms with Gasteiger partial charge < -0.3 is 15.2 Å². The van der Waals surface area contributed by atoms with Crippen LogP contribution in [0.1, 0.15) is 53.4 Å². The van der Waals surface area contributed by atoms with Crippen LogP contribution in [0.15, 0.2) is 11.6 Å². The highest BCUT2D eigenvalue weighted by molar-refractivity contribution is 5.70. The van der Waals surface area contributed by atoms with Crippen LogP contribution in [0.3, 0.4) is 0 Å². The van der Waals surface area contributed by atoms with Crippen molar-refractivity contribution in [1.82, 2.24) is 5.32 Å². The Morgan fingerprint density at radius 3 is 2.68 bits per heavy atom. The largest absolute Gasteiger partial charge is 0.481 e. The molecular weight excluding hydrogens is 282 g/mol. The van der Waals surface area contributed by atoms with Crippen molar-refractivity contribution in [2.24, 2.45) is 17.3 Å². The Morgan fingerprint density at radius 2 is 2.14 bits per heavy atom. The molecule has 5 heteroatoms. The van der Waals surface area contributed by atoms with Gasteiger partial charge in [-0.05, 0) is 51.9 Å². The molecule has 2 rings (SSSR count). The molecule has 2 aliphatic carbocycles. The van der Waals surface area contributed by atoms with Crippen molar-refractivity contribution >= 4 is 12.1 Å². The quantitative estimate of drug-likeness (QED) is 0.764. The minimum Gasteiger partial charge on any atom is -0.481 e. The number of ether oxygens (including phenoxy) is 1. The number of allylic oxidation sites excluding steroid dienone is 2. The van der Waals surface area contributed by atoms with Gasteiger partial charge in [0, 0.05) is 12.0 Å². The number of amides is 1. The SMILES string of the molecule is CCC1=C[C@H]2[C@@H](C1)C[C@@]2(CNC(=O)OC(C)(C)C)CC(=O)O. The number of hydrogen-bond donors (Lipinski definition) is 2. The Bertz CT molecular complexity index is 491. The van der Waals surface area contributed by atoms with Gasteiger partial charge in [-0.1, -0.05) is 18.6 Å². The second-order valence-electron chi connectivity index (χ2n) is 7.66. The molecule has 0 bridgehead atoms. The average Bonchev–Trinajstić information content (AvgIpc) is 2.70. The standard InChI is InChI=1S/C17H27NO4/c1-5-11-6-12-8-17(9-14(19)20,13(12)7-11)10-18-15(21)22-16(2,3)4/h7,12-13H,5-6,8-10H2,1-4H3,(H,18,21)(H,19,20)/t12-,13-,17-/m0/s1. The average molecular weight is 309 g/mol. The van der Waals surface area contributed by atoms with E-state index in [1.165, 1.54) is 5.57 Å². The maximum atomic E-state index is 11.8. The number of aliphatic carboxylic acids is 1. The molecule has 0 radical (unpaired) electrons. The third-order valence-corrected chi connectivity index (χ3v) is 4.76. The Morgan fingerprint density at radius 1 is 1.45 bits per heavy atom. The number of carboxylic acid groups (broad SMARTS) is 1. The molecule has 0 saturated heterocycles. The smallest absolute Gasteiger partial charge is 0.407 e. The number of carbonyl (C=O) groups is 2. The number of carboxylic acids is 1. The van der Waals surface area contributed by atoms with Crippen molar-refractivity contribution < 1.29 is 19.4 Å². The van der Waals surface area contributed by atoms with Crippen molar-refractivity contribution in [2.75, 3.05) is 6.54 Å². The second-order valence-corrected chi connectivity index (χ2v) is 7.66. The highest BCUT2D eigenvalue weighted by Crippen LogP contribution is 2.59. The summed E-state index contributed by atoms with van der Waals surface area (Å²) in [4.78, 5) is 23.1. The molecule has 2 N–H and O–H groups in total. The molecule has 2 aliphatic rings. The lowest BCUT2D eigenvalue weighted by atomic mass is 9.53. The maximum absolute atomic E-state index is 11.8. The molecule has 0 aliphatic heterocycles. The van der Waals surface area contributed by atoms with Crippen LogP contribution in [0.2, 0.25) is 0 Å². The van der Waals surface area contributed by atoms with Gasteiger partial charge in [-0.3, -0.25) is 4.79 Å². The molecule has 0 spiro atoms. The zero-order valence-electron chi connectivity index (χ0n) is 13.9. The van der Waals surface area contributed by atoms with E-state index < -0.39 is 17.7 Å². The zero-order valence-corrected chi connectivity index (χ0v) is 13.9. The lowest BCUT2D eigenvalue weighted by molar-refractivity contribution is -0.144. The molecule has 0 aromatic rings. The minimum atomic E-state index is -0.803. The Hall–Kier alpha value is -1.52. The Labute approximate surface area is 132 Å². The van der Waals surface area contributed by atoms with Gasteiger partial charge in [0.2, 0.25) is 0 Å². The van der Waals surface area contributed by atoms with Crippen molar-refractivity contribution in [3.8, 4) is 0 Å². The summed E-state index contributed by atoms with van der Waals surface area (Å²) < 4.78 is 5.25. The topological polar surface area (TPSA) is 75.6 Å². The molecule has 0 aromatic heterocycles. The first-order valence-electron chi connectivity index (χ1n) is 8.03. The normalized spacial score (nSPS) is 30.1. The van der Waals surface area contributed by atoms with Crippen molar-refractivity contribution in [3.05, 3.63) is 11.6 Å². The van der Waals surface area contributed by atoms with Gasteiger partial charge in [-0.15, -0.1) is 0 Å². The van der Waals surface area contributed by atoms with E-state index in [4.69, 9.17) is 4.74 Å². The maximum Gasteiger partial charge on any atom is 0.407 e. The summed E-state index contributed by atoms with van der Waals surface area (Å²) in [6.07, 6.45) is 4.83. The van der Waals surface area contributed by atoms with E-state index >= 15 is 0 Å². The van der Waals surface area contributed by atoms with Crippen LogP contribution in [0.25, 0.3) is 0 Å². The van der Waals surface area contributed by atoms with Crippen LogP contribution < -0.4 is 5.32 Å². The lowest BCUT2D eigenvalue weighted by Crippen LogP contribution is -2.53. The lowest BCUT2D eigenvalue weighted by Gasteiger charge is -2.51. The first-order valence-corrected chi connectivity index (χ1v) is 8.03. The van der Waals surface area contributed by atoms with Gasteiger partial charge in [0.25, 0.3) is 0 Å². The monoisotopic (exact) mass is 309 g/mol. The van der Waals surface area contributed by atoms with E-state index in [0.717, 1.165) is 19.3 Å². The molecule has 1 saturated carbocycles. The van der Waals surface area contributed by atoms with Crippen LogP contribution in [0.4, 0.5) is 4.79 Å². The van der Waals surface area contributed by atoms with E-state index in [1.807, 2.05) is 20.8 Å². The molecule has 0 unspecified atom stereocenters. The number of fused-ring (bicyclic) bond motifs is 1. The third-order valence-electron chi connectivity index (χ3n) is 4.76. The van der Waals surface area contributed by atoms with E-state index in [1.54, 1.807) is 0 Å². The van der Waals surface area contributed by atoms with Gasteiger partial charge in [-0.25, -0.2) is 4.79 Å². The van der Waals surface area contributed by atoms with Gasteiger partial charge in [-0.2, -0.15) is 0 Å². The summed E-state index contributed by atoms with van der Waals surface area (Å²) in [7, 11) is 0. The zero-order chi connectivity index (χ0) is 16.5. The molecule has 1 amide bonds. The molecule has 0 aromatic carbocycles. The molecule has 1 fully saturated rings. The molecule has 3 atom stereocenters. The highest BCUT2D eigenvalue weighted by Gasteiger charge is 2.55. The van der Waals surface area contributed by atoms with Crippen molar-refractivity contribution in [1.29, 1.82) is 0 Å². The van der Waals surface area contributed by atoms with E-state index in [0.29, 0.717) is 12.5 Å². The number of nitrogens with one attached hydrogen (secondary N) is 1. The first-order chi connectivity index (χ1) is 10.1. The Balaban J connectivity index is 2.01.